The molecule has 4 heteroatoms. The van der Waals surface area contributed by atoms with Gasteiger partial charge in [-0.05, 0) is 54.3 Å². The molecule has 1 aromatic heterocycles. The van der Waals surface area contributed by atoms with Crippen molar-refractivity contribution in [3.8, 4) is 6.07 Å². The molecule has 1 aliphatic rings. The van der Waals surface area contributed by atoms with Crippen LogP contribution in [0.3, 0.4) is 0 Å². The molecule has 0 radical (unpaired) electrons. The van der Waals surface area contributed by atoms with Gasteiger partial charge in [-0.15, -0.1) is 0 Å². The predicted octanol–water partition coefficient (Wildman–Crippen LogP) is 3.58. The highest BCUT2D eigenvalue weighted by molar-refractivity contribution is 6.02. The molecule has 0 aliphatic carbocycles. The number of carbonyl (C=O) groups excluding carboxylic acids is 1. The van der Waals surface area contributed by atoms with Gasteiger partial charge in [-0.1, -0.05) is 19.8 Å². The van der Waals surface area contributed by atoms with E-state index in [9.17, 15) is 4.79 Å². The smallest absolute Gasteiger partial charge is 0.235 e. The Morgan fingerprint density at radius 1 is 1.30 bits per heavy atom. The lowest BCUT2D eigenvalue weighted by atomic mass is 9.69. The number of amides is 1. The maximum absolute atomic E-state index is 12.9. The number of hydrogen-bond acceptors (Lipinski definition) is 3. The Balaban J connectivity index is 2.09. The SMILES string of the molecule is CCCCC1(c2ccncc2)Cc2cc(C#N)ccc2NC1=O. The number of anilines is 1. The van der Waals surface area contributed by atoms with Crippen molar-refractivity contribution in [2.24, 2.45) is 0 Å². The van der Waals surface area contributed by atoms with Crippen LogP contribution in [0.5, 0.6) is 0 Å². The molecule has 0 spiro atoms. The molecule has 1 amide bonds. The zero-order chi connectivity index (χ0) is 16.3. The second-order valence-corrected chi connectivity index (χ2v) is 6.04. The lowest BCUT2D eigenvalue weighted by molar-refractivity contribution is -0.122. The summed E-state index contributed by atoms with van der Waals surface area (Å²) < 4.78 is 0. The highest BCUT2D eigenvalue weighted by Gasteiger charge is 2.43. The van der Waals surface area contributed by atoms with Crippen LogP contribution in [0.2, 0.25) is 0 Å². The van der Waals surface area contributed by atoms with Crippen molar-refractivity contribution >= 4 is 11.6 Å². The van der Waals surface area contributed by atoms with E-state index in [0.29, 0.717) is 12.0 Å². The molecule has 23 heavy (non-hydrogen) atoms. The van der Waals surface area contributed by atoms with Gasteiger partial charge in [0.2, 0.25) is 5.91 Å². The molecule has 0 bridgehead atoms. The molecule has 1 atom stereocenters. The zero-order valence-electron chi connectivity index (χ0n) is 13.2. The molecule has 1 N–H and O–H groups in total. The number of pyridine rings is 1. The Bertz CT molecular complexity index is 764. The fraction of sp³-hybridized carbons (Fsp3) is 0.316. The van der Waals surface area contributed by atoms with Crippen molar-refractivity contribution in [1.29, 1.82) is 5.26 Å². The minimum atomic E-state index is -0.583. The molecule has 0 saturated carbocycles. The highest BCUT2D eigenvalue weighted by atomic mass is 16.2. The average Bonchev–Trinajstić information content (AvgIpc) is 2.60. The molecule has 3 rings (SSSR count). The van der Waals surface area contributed by atoms with Crippen LogP contribution in [0.4, 0.5) is 5.69 Å². The summed E-state index contributed by atoms with van der Waals surface area (Å²) in [5.74, 6) is 0.0364. The third-order valence-corrected chi connectivity index (χ3v) is 4.60. The number of aromatic nitrogens is 1. The van der Waals surface area contributed by atoms with Crippen molar-refractivity contribution in [1.82, 2.24) is 4.98 Å². The van der Waals surface area contributed by atoms with E-state index in [1.165, 1.54) is 0 Å². The number of nitriles is 1. The van der Waals surface area contributed by atoms with Crippen LogP contribution in [0, 0.1) is 11.3 Å². The van der Waals surface area contributed by atoms with Gasteiger partial charge in [0.05, 0.1) is 17.0 Å². The fourth-order valence-electron chi connectivity index (χ4n) is 3.31. The van der Waals surface area contributed by atoms with E-state index in [4.69, 9.17) is 5.26 Å². The monoisotopic (exact) mass is 305 g/mol. The van der Waals surface area contributed by atoms with Crippen molar-refractivity contribution in [3.05, 3.63) is 59.4 Å². The van der Waals surface area contributed by atoms with Gasteiger partial charge >= 0.3 is 0 Å². The van der Waals surface area contributed by atoms with Crippen LogP contribution >= 0.6 is 0 Å². The minimum Gasteiger partial charge on any atom is -0.325 e. The first-order valence-corrected chi connectivity index (χ1v) is 7.94. The molecule has 2 heterocycles. The summed E-state index contributed by atoms with van der Waals surface area (Å²) in [7, 11) is 0. The number of carbonyl (C=O) groups is 1. The molecule has 4 nitrogen and oxygen atoms in total. The standard InChI is InChI=1S/C19H19N3O/c1-2-3-8-19(16-6-9-21-10-7-16)12-15-11-14(13-20)4-5-17(15)22-18(19)23/h4-7,9-11H,2-3,8,12H2,1H3,(H,22,23). The first-order valence-electron chi connectivity index (χ1n) is 7.94. The first-order chi connectivity index (χ1) is 11.2. The summed E-state index contributed by atoms with van der Waals surface area (Å²) in [5, 5.41) is 12.2. The van der Waals surface area contributed by atoms with Crippen molar-refractivity contribution in [2.45, 2.75) is 38.0 Å². The van der Waals surface area contributed by atoms with Gasteiger partial charge in [0, 0.05) is 18.1 Å². The van der Waals surface area contributed by atoms with Crippen LogP contribution < -0.4 is 5.32 Å². The van der Waals surface area contributed by atoms with Crippen LogP contribution in [-0.2, 0) is 16.6 Å². The highest BCUT2D eigenvalue weighted by Crippen LogP contribution is 2.40. The van der Waals surface area contributed by atoms with Crippen LogP contribution in [0.15, 0.2) is 42.7 Å². The summed E-state index contributed by atoms with van der Waals surface area (Å²) in [5.41, 5.74) is 2.87. The van der Waals surface area contributed by atoms with E-state index in [2.05, 4.69) is 23.3 Å². The van der Waals surface area contributed by atoms with E-state index >= 15 is 0 Å². The van der Waals surface area contributed by atoms with E-state index < -0.39 is 5.41 Å². The Kier molecular flexibility index (Phi) is 4.12. The number of fused-ring (bicyclic) bond motifs is 1. The Hall–Kier alpha value is -2.67. The first kappa shape index (κ1) is 15.2. The van der Waals surface area contributed by atoms with Gasteiger partial charge in [-0.25, -0.2) is 0 Å². The number of unbranched alkanes of at least 4 members (excludes halogenated alkanes) is 1. The quantitative estimate of drug-likeness (QED) is 0.939. The van der Waals surface area contributed by atoms with Gasteiger partial charge in [0.25, 0.3) is 0 Å². The number of nitrogens with one attached hydrogen (secondary N) is 1. The largest absolute Gasteiger partial charge is 0.325 e. The van der Waals surface area contributed by atoms with Gasteiger partial charge in [-0.3, -0.25) is 9.78 Å². The molecular formula is C19H19N3O. The number of nitrogens with zero attached hydrogens (tertiary/aromatic N) is 2. The van der Waals surface area contributed by atoms with Crippen LogP contribution in [0.1, 0.15) is 42.9 Å². The van der Waals surface area contributed by atoms with Crippen molar-refractivity contribution in [2.75, 3.05) is 5.32 Å². The molecule has 0 fully saturated rings. The van der Waals surface area contributed by atoms with E-state index in [1.54, 1.807) is 18.5 Å². The summed E-state index contributed by atoms with van der Waals surface area (Å²) in [6.07, 6.45) is 6.88. The summed E-state index contributed by atoms with van der Waals surface area (Å²) in [6.45, 7) is 2.13. The number of rotatable bonds is 4. The molecular weight excluding hydrogens is 286 g/mol. The second kappa shape index (κ2) is 6.21. The Morgan fingerprint density at radius 2 is 2.09 bits per heavy atom. The van der Waals surface area contributed by atoms with Gasteiger partial charge < -0.3 is 5.32 Å². The third kappa shape index (κ3) is 2.70. The minimum absolute atomic E-state index is 0.0364. The lowest BCUT2D eigenvalue weighted by Gasteiger charge is -2.37. The molecule has 2 aromatic rings. The molecule has 1 aliphatic heterocycles. The molecule has 0 saturated heterocycles. The maximum Gasteiger partial charge on any atom is 0.235 e. The topological polar surface area (TPSA) is 65.8 Å². The van der Waals surface area contributed by atoms with E-state index in [-0.39, 0.29) is 5.91 Å². The summed E-state index contributed by atoms with van der Waals surface area (Å²) >= 11 is 0. The third-order valence-electron chi connectivity index (χ3n) is 4.60. The average molecular weight is 305 g/mol. The lowest BCUT2D eigenvalue weighted by Crippen LogP contribution is -2.45. The zero-order valence-corrected chi connectivity index (χ0v) is 13.2. The fourth-order valence-corrected chi connectivity index (χ4v) is 3.31. The maximum atomic E-state index is 12.9. The Morgan fingerprint density at radius 3 is 2.78 bits per heavy atom. The second-order valence-electron chi connectivity index (χ2n) is 6.04. The Labute approximate surface area is 136 Å². The van der Waals surface area contributed by atoms with E-state index in [0.717, 1.165) is 36.1 Å². The van der Waals surface area contributed by atoms with Gasteiger partial charge in [0.15, 0.2) is 0 Å². The van der Waals surface area contributed by atoms with Gasteiger partial charge in [0.1, 0.15) is 0 Å². The number of hydrogen-bond donors (Lipinski definition) is 1. The van der Waals surface area contributed by atoms with E-state index in [1.807, 2.05) is 24.3 Å². The molecule has 1 unspecified atom stereocenters. The van der Waals surface area contributed by atoms with Crippen LogP contribution in [0.25, 0.3) is 0 Å². The van der Waals surface area contributed by atoms with Crippen molar-refractivity contribution < 1.29 is 4.79 Å². The number of benzene rings is 1. The normalized spacial score (nSPS) is 19.6. The molecule has 1 aromatic carbocycles. The van der Waals surface area contributed by atoms with Crippen molar-refractivity contribution in [3.63, 3.8) is 0 Å². The predicted molar refractivity (Wildman–Crippen MR) is 88.9 cm³/mol. The van der Waals surface area contributed by atoms with Crippen LogP contribution in [-0.4, -0.2) is 10.9 Å². The van der Waals surface area contributed by atoms with Gasteiger partial charge in [-0.2, -0.15) is 5.26 Å². The summed E-state index contributed by atoms with van der Waals surface area (Å²) in [6, 6.07) is 11.5. The molecule has 116 valence electrons. The summed E-state index contributed by atoms with van der Waals surface area (Å²) in [4.78, 5) is 17.0.